The number of pyridine rings is 1. The summed E-state index contributed by atoms with van der Waals surface area (Å²) in [4.78, 5) is 19.8. The van der Waals surface area contributed by atoms with Gasteiger partial charge >= 0.3 is 0 Å². The Hall–Kier alpha value is -3.30. The van der Waals surface area contributed by atoms with Crippen molar-refractivity contribution in [3.63, 3.8) is 0 Å². The Morgan fingerprint density at radius 1 is 1.18 bits per heavy atom. The Kier molecular flexibility index (Phi) is 6.18. The van der Waals surface area contributed by atoms with Crippen LogP contribution in [0, 0.1) is 11.6 Å². The SMILES string of the molecule is CCCc1ccccc1S(=O)(=O)Nc1ccc(F)c(C(=O)c2c[nH]c3ncc(Cl)cc23)c1F. The van der Waals surface area contributed by atoms with Crippen LogP contribution in [0.25, 0.3) is 11.0 Å². The maximum absolute atomic E-state index is 15.3. The third-order valence-corrected chi connectivity index (χ3v) is 6.76. The van der Waals surface area contributed by atoms with Crippen LogP contribution in [-0.4, -0.2) is 24.2 Å². The summed E-state index contributed by atoms with van der Waals surface area (Å²) in [6, 6.07) is 9.57. The molecule has 33 heavy (non-hydrogen) atoms. The molecule has 0 spiro atoms. The van der Waals surface area contributed by atoms with Crippen molar-refractivity contribution in [3.05, 3.63) is 88.2 Å². The number of ketones is 1. The maximum atomic E-state index is 15.3. The number of nitrogens with zero attached hydrogens (tertiary/aromatic N) is 1. The predicted molar refractivity (Wildman–Crippen MR) is 122 cm³/mol. The smallest absolute Gasteiger partial charge is 0.262 e. The van der Waals surface area contributed by atoms with Gasteiger partial charge in [0.25, 0.3) is 10.0 Å². The second kappa shape index (κ2) is 8.92. The molecule has 0 aliphatic rings. The highest BCUT2D eigenvalue weighted by atomic mass is 35.5. The molecule has 170 valence electrons. The monoisotopic (exact) mass is 489 g/mol. The number of H-pyrrole nitrogens is 1. The Morgan fingerprint density at radius 3 is 2.70 bits per heavy atom. The van der Waals surface area contributed by atoms with Crippen LogP contribution in [-0.2, 0) is 16.4 Å². The molecule has 0 bridgehead atoms. The van der Waals surface area contributed by atoms with Crippen LogP contribution < -0.4 is 4.72 Å². The number of rotatable bonds is 7. The number of hydrogen-bond donors (Lipinski definition) is 2. The van der Waals surface area contributed by atoms with Gasteiger partial charge in [-0.2, -0.15) is 0 Å². The van der Waals surface area contributed by atoms with Gasteiger partial charge in [-0.15, -0.1) is 0 Å². The summed E-state index contributed by atoms with van der Waals surface area (Å²) in [6.07, 6.45) is 3.85. The van der Waals surface area contributed by atoms with Gasteiger partial charge < -0.3 is 4.98 Å². The van der Waals surface area contributed by atoms with Crippen LogP contribution in [0.2, 0.25) is 5.02 Å². The van der Waals surface area contributed by atoms with Crippen molar-refractivity contribution in [2.24, 2.45) is 0 Å². The Morgan fingerprint density at radius 2 is 1.94 bits per heavy atom. The summed E-state index contributed by atoms with van der Waals surface area (Å²) in [5.74, 6) is -3.43. The number of nitrogens with one attached hydrogen (secondary N) is 2. The lowest BCUT2D eigenvalue weighted by atomic mass is 10.0. The van der Waals surface area contributed by atoms with E-state index in [9.17, 15) is 17.6 Å². The minimum absolute atomic E-state index is 0.0132. The zero-order chi connectivity index (χ0) is 23.8. The third kappa shape index (κ3) is 4.34. The van der Waals surface area contributed by atoms with E-state index in [1.807, 2.05) is 6.92 Å². The molecule has 0 amide bonds. The minimum atomic E-state index is -4.20. The van der Waals surface area contributed by atoms with Gasteiger partial charge in [-0.1, -0.05) is 43.1 Å². The number of benzene rings is 2. The van der Waals surface area contributed by atoms with Gasteiger partial charge in [0.15, 0.2) is 5.82 Å². The largest absolute Gasteiger partial charge is 0.345 e. The second-order valence-electron chi connectivity index (χ2n) is 7.33. The van der Waals surface area contributed by atoms with Gasteiger partial charge in [-0.3, -0.25) is 9.52 Å². The van der Waals surface area contributed by atoms with E-state index in [1.54, 1.807) is 18.2 Å². The molecule has 2 aromatic carbocycles. The van der Waals surface area contributed by atoms with E-state index < -0.39 is 38.7 Å². The van der Waals surface area contributed by atoms with Gasteiger partial charge in [0, 0.05) is 23.3 Å². The number of halogens is 3. The van der Waals surface area contributed by atoms with E-state index in [4.69, 9.17) is 11.6 Å². The van der Waals surface area contributed by atoms with Crippen molar-refractivity contribution in [2.45, 2.75) is 24.7 Å². The van der Waals surface area contributed by atoms with E-state index in [0.29, 0.717) is 24.1 Å². The first-order valence-corrected chi connectivity index (χ1v) is 11.8. The van der Waals surface area contributed by atoms with Crippen molar-refractivity contribution in [2.75, 3.05) is 4.72 Å². The van der Waals surface area contributed by atoms with E-state index in [0.717, 1.165) is 12.1 Å². The summed E-state index contributed by atoms with van der Waals surface area (Å²) in [5, 5.41) is 0.523. The molecule has 0 fully saturated rings. The molecule has 2 N–H and O–H groups in total. The number of carbonyl (C=O) groups is 1. The molecule has 0 aliphatic heterocycles. The minimum Gasteiger partial charge on any atom is -0.345 e. The molecular formula is C23H18ClF2N3O3S. The van der Waals surface area contributed by atoms with E-state index in [-0.39, 0.29) is 20.9 Å². The molecule has 2 heterocycles. The molecule has 0 atom stereocenters. The van der Waals surface area contributed by atoms with Crippen LogP contribution in [0.15, 0.2) is 59.8 Å². The number of aromatic nitrogens is 2. The first-order chi connectivity index (χ1) is 15.7. The number of sulfonamides is 1. The zero-order valence-corrected chi connectivity index (χ0v) is 18.9. The molecule has 0 aliphatic carbocycles. The lowest BCUT2D eigenvalue weighted by molar-refractivity contribution is 0.103. The third-order valence-electron chi connectivity index (χ3n) is 5.09. The fraction of sp³-hybridized carbons (Fsp3) is 0.130. The Bertz CT molecular complexity index is 1490. The lowest BCUT2D eigenvalue weighted by Crippen LogP contribution is -2.18. The summed E-state index contributed by atoms with van der Waals surface area (Å²) < 4.78 is 58.0. The standard InChI is InChI=1S/C23H18ClF2N3O3S/c1-2-5-13-6-3-4-7-19(13)33(31,32)29-18-9-8-17(25)20(21(18)26)22(30)16-12-28-23-15(16)10-14(24)11-27-23/h3-4,6-12,29H,2,5H2,1H3,(H,27,28). The number of aryl methyl sites for hydroxylation is 1. The van der Waals surface area contributed by atoms with Crippen molar-refractivity contribution in [3.8, 4) is 0 Å². The molecule has 2 aromatic heterocycles. The molecular weight excluding hydrogens is 472 g/mol. The summed E-state index contributed by atoms with van der Waals surface area (Å²) >= 11 is 5.94. The number of carbonyl (C=O) groups excluding carboxylic acids is 1. The summed E-state index contributed by atoms with van der Waals surface area (Å²) in [7, 11) is -4.20. The fourth-order valence-electron chi connectivity index (χ4n) is 3.58. The highest BCUT2D eigenvalue weighted by Crippen LogP contribution is 2.29. The molecule has 10 heteroatoms. The lowest BCUT2D eigenvalue weighted by Gasteiger charge is -2.14. The van der Waals surface area contributed by atoms with Gasteiger partial charge in [-0.25, -0.2) is 22.2 Å². The van der Waals surface area contributed by atoms with Gasteiger partial charge in [0.05, 0.1) is 21.2 Å². The molecule has 0 saturated carbocycles. The van der Waals surface area contributed by atoms with Gasteiger partial charge in [0.2, 0.25) is 5.78 Å². The molecule has 0 saturated heterocycles. The summed E-state index contributed by atoms with van der Waals surface area (Å²) in [5.41, 5.74) is -0.603. The zero-order valence-electron chi connectivity index (χ0n) is 17.3. The number of fused-ring (bicyclic) bond motifs is 1. The van der Waals surface area contributed by atoms with Crippen LogP contribution in [0.1, 0.15) is 34.8 Å². The maximum Gasteiger partial charge on any atom is 0.262 e. The Labute approximate surface area is 193 Å². The topological polar surface area (TPSA) is 91.9 Å². The van der Waals surface area contributed by atoms with Crippen LogP contribution in [0.3, 0.4) is 0 Å². The van der Waals surface area contributed by atoms with Crippen LogP contribution in [0.5, 0.6) is 0 Å². The van der Waals surface area contributed by atoms with Crippen LogP contribution in [0.4, 0.5) is 14.5 Å². The second-order valence-corrected chi connectivity index (χ2v) is 9.42. The first-order valence-electron chi connectivity index (χ1n) is 9.99. The average Bonchev–Trinajstić information content (AvgIpc) is 3.19. The van der Waals surface area contributed by atoms with Gasteiger partial charge in [-0.05, 0) is 36.2 Å². The Balaban J connectivity index is 1.76. The molecule has 4 aromatic rings. The van der Waals surface area contributed by atoms with E-state index >= 15 is 4.39 Å². The quantitative estimate of drug-likeness (QED) is 0.336. The van der Waals surface area contributed by atoms with Crippen LogP contribution >= 0.6 is 11.6 Å². The normalized spacial score (nSPS) is 11.6. The van der Waals surface area contributed by atoms with Crippen molar-refractivity contribution >= 4 is 44.1 Å². The van der Waals surface area contributed by atoms with E-state index in [1.165, 1.54) is 24.5 Å². The van der Waals surface area contributed by atoms with Crippen molar-refractivity contribution in [1.29, 1.82) is 0 Å². The van der Waals surface area contributed by atoms with Crippen molar-refractivity contribution in [1.82, 2.24) is 9.97 Å². The molecule has 0 radical (unpaired) electrons. The first kappa shape index (κ1) is 22.9. The highest BCUT2D eigenvalue weighted by Gasteiger charge is 2.27. The number of aromatic amines is 1. The number of anilines is 1. The van der Waals surface area contributed by atoms with Gasteiger partial charge in [0.1, 0.15) is 11.5 Å². The molecule has 0 unspecified atom stereocenters. The predicted octanol–water partition coefficient (Wildman–Crippen LogP) is 5.48. The molecule has 4 rings (SSSR count). The summed E-state index contributed by atoms with van der Waals surface area (Å²) in [6.45, 7) is 1.90. The number of hydrogen-bond acceptors (Lipinski definition) is 4. The fourth-order valence-corrected chi connectivity index (χ4v) is 5.07. The van der Waals surface area contributed by atoms with Crippen molar-refractivity contribution < 1.29 is 22.0 Å². The molecule has 6 nitrogen and oxygen atoms in total. The average molecular weight is 490 g/mol. The van der Waals surface area contributed by atoms with E-state index in [2.05, 4.69) is 14.7 Å². The highest BCUT2D eigenvalue weighted by molar-refractivity contribution is 7.92.